The molecule has 174 valence electrons. The predicted octanol–water partition coefficient (Wildman–Crippen LogP) is 4.89. The molecule has 0 aliphatic rings. The number of hydrogen-bond donors (Lipinski definition) is 2. The molecule has 2 N–H and O–H groups in total. The Hall–Kier alpha value is -3.89. The van der Waals surface area contributed by atoms with E-state index in [2.05, 4.69) is 15.8 Å². The summed E-state index contributed by atoms with van der Waals surface area (Å²) in [4.78, 5) is 35.6. The fourth-order valence-corrected chi connectivity index (χ4v) is 3.80. The molecule has 0 saturated heterocycles. The second-order valence-corrected chi connectivity index (χ2v) is 8.31. The zero-order valence-electron chi connectivity index (χ0n) is 17.9. The van der Waals surface area contributed by atoms with Crippen LogP contribution >= 0.6 is 23.4 Å². The quantitative estimate of drug-likeness (QED) is 0.246. The van der Waals surface area contributed by atoms with Crippen LogP contribution < -0.4 is 15.5 Å². The van der Waals surface area contributed by atoms with Crippen LogP contribution in [0.25, 0.3) is 0 Å². The molecule has 0 aliphatic carbocycles. The van der Waals surface area contributed by atoms with Crippen molar-refractivity contribution in [2.75, 3.05) is 11.9 Å². The zero-order chi connectivity index (χ0) is 24.5. The molecule has 9 nitrogen and oxygen atoms in total. The monoisotopic (exact) mass is 498 g/mol. The van der Waals surface area contributed by atoms with Gasteiger partial charge in [0, 0.05) is 39.4 Å². The predicted molar refractivity (Wildman–Crippen MR) is 131 cm³/mol. The van der Waals surface area contributed by atoms with Crippen molar-refractivity contribution >= 4 is 52.8 Å². The summed E-state index contributed by atoms with van der Waals surface area (Å²) in [6.45, 7) is 1.13. The maximum absolute atomic E-state index is 12.0. The number of carbonyl (C=O) groups is 2. The Morgan fingerprint density at radius 2 is 1.85 bits per heavy atom. The smallest absolute Gasteiger partial charge is 0.277 e. The first-order valence-corrected chi connectivity index (χ1v) is 11.0. The first kappa shape index (κ1) is 24.7. The van der Waals surface area contributed by atoms with Crippen molar-refractivity contribution in [3.05, 3.63) is 87.4 Å². The minimum atomic E-state index is -0.518. The Labute approximate surface area is 204 Å². The molecule has 0 heterocycles. The lowest BCUT2D eigenvalue weighted by Gasteiger charge is -2.11. The number of benzene rings is 3. The largest absolute Gasteiger partial charge is 0.484 e. The number of anilines is 1. The van der Waals surface area contributed by atoms with Crippen molar-refractivity contribution in [1.29, 1.82) is 0 Å². The summed E-state index contributed by atoms with van der Waals surface area (Å²) in [7, 11) is 0. The molecular weight excluding hydrogens is 480 g/mol. The highest BCUT2D eigenvalue weighted by Gasteiger charge is 2.13. The number of nitrogens with zero attached hydrogens (tertiary/aromatic N) is 2. The molecule has 0 aliphatic heterocycles. The third-order valence-corrected chi connectivity index (χ3v) is 5.62. The summed E-state index contributed by atoms with van der Waals surface area (Å²) in [5.41, 5.74) is 3.23. The summed E-state index contributed by atoms with van der Waals surface area (Å²) < 4.78 is 5.35. The molecule has 3 rings (SSSR count). The molecule has 3 aromatic carbocycles. The van der Waals surface area contributed by atoms with Gasteiger partial charge < -0.3 is 10.1 Å². The summed E-state index contributed by atoms with van der Waals surface area (Å²) >= 11 is 7.10. The number of hydrazone groups is 1. The summed E-state index contributed by atoms with van der Waals surface area (Å²) in [5.74, 6) is -0.261. The molecule has 0 bridgehead atoms. The third-order valence-electron chi connectivity index (χ3n) is 4.20. The molecule has 0 spiro atoms. The molecule has 34 heavy (non-hydrogen) atoms. The summed E-state index contributed by atoms with van der Waals surface area (Å²) in [5, 5.41) is 18.4. The van der Waals surface area contributed by atoms with Crippen molar-refractivity contribution in [2.45, 2.75) is 16.7 Å². The van der Waals surface area contributed by atoms with Gasteiger partial charge in [-0.15, -0.1) is 0 Å². The maximum atomic E-state index is 12.0. The maximum Gasteiger partial charge on any atom is 0.277 e. The Morgan fingerprint density at radius 1 is 1.12 bits per heavy atom. The molecule has 0 aromatic heterocycles. The number of para-hydroxylation sites is 1. The molecule has 0 unspecified atom stereocenters. The van der Waals surface area contributed by atoms with Crippen molar-refractivity contribution in [3.63, 3.8) is 0 Å². The lowest BCUT2D eigenvalue weighted by Crippen LogP contribution is -2.24. The highest BCUT2D eigenvalue weighted by atomic mass is 35.5. The highest BCUT2D eigenvalue weighted by Crippen LogP contribution is 2.36. The fourth-order valence-electron chi connectivity index (χ4n) is 2.70. The van der Waals surface area contributed by atoms with Gasteiger partial charge in [-0.05, 0) is 42.5 Å². The van der Waals surface area contributed by atoms with E-state index in [-0.39, 0.29) is 18.2 Å². The number of ether oxygens (including phenoxy) is 1. The van der Waals surface area contributed by atoms with E-state index in [1.54, 1.807) is 42.5 Å². The second-order valence-electron chi connectivity index (χ2n) is 6.79. The van der Waals surface area contributed by atoms with E-state index in [9.17, 15) is 19.7 Å². The van der Waals surface area contributed by atoms with Crippen LogP contribution in [0.1, 0.15) is 12.5 Å². The normalized spacial score (nSPS) is 10.6. The van der Waals surface area contributed by atoms with Crippen LogP contribution in [0.3, 0.4) is 0 Å². The number of hydrogen-bond acceptors (Lipinski definition) is 7. The van der Waals surface area contributed by atoms with Crippen LogP contribution in [0.2, 0.25) is 5.02 Å². The number of nitro benzene ring substituents is 1. The minimum Gasteiger partial charge on any atom is -0.484 e. The molecule has 3 aromatic rings. The van der Waals surface area contributed by atoms with E-state index >= 15 is 0 Å². The Bertz CT molecular complexity index is 1230. The van der Waals surface area contributed by atoms with Crippen LogP contribution in [0.5, 0.6) is 5.75 Å². The average Bonchev–Trinajstić information content (AvgIpc) is 2.80. The summed E-state index contributed by atoms with van der Waals surface area (Å²) in [6.07, 6.45) is 1.32. The number of rotatable bonds is 9. The van der Waals surface area contributed by atoms with E-state index in [1.807, 2.05) is 12.1 Å². The van der Waals surface area contributed by atoms with Gasteiger partial charge in [0.1, 0.15) is 5.75 Å². The van der Waals surface area contributed by atoms with Crippen molar-refractivity contribution in [1.82, 2.24) is 5.43 Å². The molecule has 0 radical (unpaired) electrons. The van der Waals surface area contributed by atoms with Crippen molar-refractivity contribution in [2.24, 2.45) is 5.10 Å². The number of halogens is 1. The highest BCUT2D eigenvalue weighted by molar-refractivity contribution is 7.99. The molecular formula is C23H19ClN4O5S. The standard InChI is InChI=1S/C23H19ClN4O5S/c1-15(29)26-20-4-2-3-5-22(20)34-21-11-8-18(28(31)32)12-16(21)13-25-27-23(30)14-33-19-9-6-17(24)7-10-19/h2-13H,14H2,1H3,(H,26,29)(H,27,30)/b25-13+. The third kappa shape index (κ3) is 7.32. The van der Waals surface area contributed by atoms with E-state index < -0.39 is 10.8 Å². The van der Waals surface area contributed by atoms with Crippen LogP contribution in [0.4, 0.5) is 11.4 Å². The van der Waals surface area contributed by atoms with Crippen LogP contribution in [0.15, 0.2) is 81.6 Å². The Morgan fingerprint density at radius 3 is 2.56 bits per heavy atom. The molecule has 0 saturated carbocycles. The minimum absolute atomic E-state index is 0.127. The Kier molecular flexibility index (Phi) is 8.60. The first-order chi connectivity index (χ1) is 16.3. The number of carbonyl (C=O) groups excluding carboxylic acids is 2. The number of nitro groups is 1. The Balaban J connectivity index is 1.73. The van der Waals surface area contributed by atoms with Crippen LogP contribution in [0, 0.1) is 10.1 Å². The molecule has 0 fully saturated rings. The van der Waals surface area contributed by atoms with Gasteiger partial charge in [0.2, 0.25) is 5.91 Å². The van der Waals surface area contributed by atoms with Gasteiger partial charge in [-0.25, -0.2) is 5.43 Å². The van der Waals surface area contributed by atoms with Gasteiger partial charge in [-0.3, -0.25) is 19.7 Å². The molecule has 2 amide bonds. The van der Waals surface area contributed by atoms with Gasteiger partial charge in [0.25, 0.3) is 11.6 Å². The van der Waals surface area contributed by atoms with Gasteiger partial charge in [0.15, 0.2) is 6.61 Å². The number of non-ortho nitro benzene ring substituents is 1. The van der Waals surface area contributed by atoms with Gasteiger partial charge in [-0.1, -0.05) is 35.5 Å². The lowest BCUT2D eigenvalue weighted by atomic mass is 10.2. The lowest BCUT2D eigenvalue weighted by molar-refractivity contribution is -0.384. The first-order valence-electron chi connectivity index (χ1n) is 9.85. The molecule has 11 heteroatoms. The van der Waals surface area contributed by atoms with Gasteiger partial charge in [-0.2, -0.15) is 5.10 Å². The average molecular weight is 499 g/mol. The molecule has 0 atom stereocenters. The van der Waals surface area contributed by atoms with Gasteiger partial charge >= 0.3 is 0 Å². The van der Waals surface area contributed by atoms with Crippen molar-refractivity contribution < 1.29 is 19.2 Å². The van der Waals surface area contributed by atoms with Gasteiger partial charge in [0.05, 0.1) is 16.8 Å². The van der Waals surface area contributed by atoms with E-state index in [4.69, 9.17) is 16.3 Å². The van der Waals surface area contributed by atoms with E-state index in [0.717, 1.165) is 4.90 Å². The SMILES string of the molecule is CC(=O)Nc1ccccc1Sc1ccc([N+](=O)[O-])cc1/C=N/NC(=O)COc1ccc(Cl)cc1. The summed E-state index contributed by atoms with van der Waals surface area (Å²) in [6, 6.07) is 18.0. The van der Waals surface area contributed by atoms with E-state index in [0.29, 0.717) is 26.9 Å². The fraction of sp³-hybridized carbons (Fsp3) is 0.0870. The van der Waals surface area contributed by atoms with Crippen LogP contribution in [-0.2, 0) is 9.59 Å². The zero-order valence-corrected chi connectivity index (χ0v) is 19.4. The van der Waals surface area contributed by atoms with Crippen LogP contribution in [-0.4, -0.2) is 29.6 Å². The van der Waals surface area contributed by atoms with Crippen molar-refractivity contribution in [3.8, 4) is 5.75 Å². The number of nitrogens with one attached hydrogen (secondary N) is 2. The topological polar surface area (TPSA) is 123 Å². The number of amides is 2. The second kappa shape index (κ2) is 11.8. The van der Waals surface area contributed by atoms with E-state index in [1.165, 1.54) is 37.0 Å².